The number of hydrazine groups is 1. The van der Waals surface area contributed by atoms with Gasteiger partial charge in [0.25, 0.3) is 5.91 Å². The Morgan fingerprint density at radius 3 is 2.64 bits per heavy atom. The summed E-state index contributed by atoms with van der Waals surface area (Å²) >= 11 is 0. The lowest BCUT2D eigenvalue weighted by Gasteiger charge is -2.17. The number of ether oxygens (including phenoxy) is 1. The van der Waals surface area contributed by atoms with Crippen molar-refractivity contribution in [1.82, 2.24) is 25.5 Å². The summed E-state index contributed by atoms with van der Waals surface area (Å²) in [6, 6.07) is 6.34. The standard InChI is InChI=1S/C23H32F2N8O3/c1-23(2,25)14-36-18-8-9-29-17(10-18)11-21(34)30-20-7-6-16(31-32-20)5-4-15(24)12-33(27)13-19(26)22(35)28-3/h6-10,13,15H,4-5,11-12,14,26-27H2,1-3H3,(H,28,35)(H,30,32,34)/b19-13-. The lowest BCUT2D eigenvalue weighted by atomic mass is 10.1. The lowest BCUT2D eigenvalue weighted by molar-refractivity contribution is -0.117. The zero-order chi connectivity index (χ0) is 26.7. The number of halogens is 2. The van der Waals surface area contributed by atoms with Crippen molar-refractivity contribution in [3.05, 3.63) is 53.7 Å². The molecule has 36 heavy (non-hydrogen) atoms. The first-order chi connectivity index (χ1) is 16.9. The van der Waals surface area contributed by atoms with Crippen LogP contribution in [0, 0.1) is 0 Å². The van der Waals surface area contributed by atoms with Crippen LogP contribution in [0.15, 0.2) is 42.4 Å². The Hall–Kier alpha value is -3.87. The van der Waals surface area contributed by atoms with Crippen molar-refractivity contribution < 1.29 is 23.1 Å². The summed E-state index contributed by atoms with van der Waals surface area (Å²) < 4.78 is 33.2. The minimum absolute atomic E-state index is 0.0440. The monoisotopic (exact) mass is 506 g/mol. The molecule has 196 valence electrons. The molecule has 0 aliphatic heterocycles. The molecule has 0 bridgehead atoms. The van der Waals surface area contributed by atoms with Gasteiger partial charge in [0.15, 0.2) is 5.82 Å². The smallest absolute Gasteiger partial charge is 0.268 e. The first kappa shape index (κ1) is 28.4. The molecule has 11 nitrogen and oxygen atoms in total. The quantitative estimate of drug-likeness (QED) is 0.177. The van der Waals surface area contributed by atoms with E-state index >= 15 is 0 Å². The second-order valence-electron chi connectivity index (χ2n) is 8.62. The van der Waals surface area contributed by atoms with Crippen LogP contribution in [0.4, 0.5) is 14.6 Å². The zero-order valence-corrected chi connectivity index (χ0v) is 20.5. The first-order valence-corrected chi connectivity index (χ1v) is 11.2. The fourth-order valence-corrected chi connectivity index (χ4v) is 2.87. The molecule has 2 aromatic rings. The highest BCUT2D eigenvalue weighted by molar-refractivity contribution is 5.92. The van der Waals surface area contributed by atoms with E-state index in [1.807, 2.05) is 0 Å². The molecule has 0 saturated carbocycles. The first-order valence-electron chi connectivity index (χ1n) is 11.2. The van der Waals surface area contributed by atoms with Gasteiger partial charge in [0, 0.05) is 25.5 Å². The van der Waals surface area contributed by atoms with Gasteiger partial charge in [-0.1, -0.05) is 0 Å². The molecule has 0 fully saturated rings. The molecular formula is C23H32F2N8O3. The molecule has 13 heteroatoms. The second-order valence-corrected chi connectivity index (χ2v) is 8.62. The average molecular weight is 507 g/mol. The van der Waals surface area contributed by atoms with Crippen molar-refractivity contribution in [2.45, 2.75) is 45.0 Å². The van der Waals surface area contributed by atoms with E-state index in [9.17, 15) is 18.4 Å². The third-order valence-electron chi connectivity index (χ3n) is 4.62. The van der Waals surface area contributed by atoms with Crippen molar-refractivity contribution in [1.29, 1.82) is 0 Å². The van der Waals surface area contributed by atoms with Crippen molar-refractivity contribution in [3.8, 4) is 5.75 Å². The minimum Gasteiger partial charge on any atom is -0.490 e. The Balaban J connectivity index is 1.80. The predicted molar refractivity (Wildman–Crippen MR) is 130 cm³/mol. The van der Waals surface area contributed by atoms with Crippen molar-refractivity contribution in [3.63, 3.8) is 0 Å². The van der Waals surface area contributed by atoms with Crippen LogP contribution in [0.5, 0.6) is 5.75 Å². The summed E-state index contributed by atoms with van der Waals surface area (Å²) in [6.45, 7) is 2.53. The molecule has 0 saturated heterocycles. The number of rotatable bonds is 13. The van der Waals surface area contributed by atoms with Crippen LogP contribution in [0.2, 0.25) is 0 Å². The third-order valence-corrected chi connectivity index (χ3v) is 4.62. The van der Waals surface area contributed by atoms with Crippen LogP contribution in [0.25, 0.3) is 0 Å². The highest BCUT2D eigenvalue weighted by Gasteiger charge is 2.17. The molecule has 2 amide bonds. The summed E-state index contributed by atoms with van der Waals surface area (Å²) in [7, 11) is 1.42. The van der Waals surface area contributed by atoms with Crippen LogP contribution in [0.1, 0.15) is 31.7 Å². The molecule has 0 aliphatic carbocycles. The van der Waals surface area contributed by atoms with Gasteiger partial charge in [-0.05, 0) is 44.9 Å². The van der Waals surface area contributed by atoms with Gasteiger partial charge >= 0.3 is 0 Å². The number of aryl methyl sites for hydroxylation is 1. The molecule has 0 spiro atoms. The number of likely N-dealkylation sites (N-methyl/N-ethyl adjacent to an activating group) is 1. The number of nitrogens with one attached hydrogen (secondary N) is 2. The topological polar surface area (TPSA) is 161 Å². The van der Waals surface area contributed by atoms with Crippen LogP contribution in [-0.2, 0) is 22.4 Å². The van der Waals surface area contributed by atoms with Crippen molar-refractivity contribution >= 4 is 17.6 Å². The van der Waals surface area contributed by atoms with Gasteiger partial charge in [-0.15, -0.1) is 5.10 Å². The largest absolute Gasteiger partial charge is 0.490 e. The number of alkyl halides is 2. The Morgan fingerprint density at radius 1 is 1.25 bits per heavy atom. The minimum atomic E-state index is -1.48. The number of amides is 2. The van der Waals surface area contributed by atoms with Crippen molar-refractivity contribution in [2.24, 2.45) is 11.6 Å². The lowest BCUT2D eigenvalue weighted by Crippen LogP contribution is -2.35. The Kier molecular flexibility index (Phi) is 10.5. The summed E-state index contributed by atoms with van der Waals surface area (Å²) in [5.74, 6) is 5.42. The number of nitrogens with zero attached hydrogens (tertiary/aromatic N) is 4. The predicted octanol–water partition coefficient (Wildman–Crippen LogP) is 1.17. The number of carbonyl (C=O) groups excluding carboxylic acids is 2. The molecule has 1 atom stereocenters. The van der Waals surface area contributed by atoms with Gasteiger partial charge in [0.2, 0.25) is 5.91 Å². The number of carbonyl (C=O) groups is 2. The summed E-state index contributed by atoms with van der Waals surface area (Å²) in [4.78, 5) is 27.8. The van der Waals surface area contributed by atoms with Gasteiger partial charge in [0.05, 0.1) is 24.4 Å². The second kappa shape index (κ2) is 13.3. The normalized spacial score (nSPS) is 12.6. The number of hydrogen-bond acceptors (Lipinski definition) is 9. The van der Waals surface area contributed by atoms with Crippen LogP contribution >= 0.6 is 0 Å². The van der Waals surface area contributed by atoms with E-state index in [1.54, 1.807) is 24.3 Å². The molecule has 0 radical (unpaired) electrons. The van der Waals surface area contributed by atoms with Crippen LogP contribution < -0.4 is 26.9 Å². The van der Waals surface area contributed by atoms with Gasteiger partial charge in [-0.2, -0.15) is 5.10 Å². The molecule has 0 aromatic carbocycles. The maximum atomic E-state index is 14.2. The van der Waals surface area contributed by atoms with Crippen LogP contribution in [-0.4, -0.2) is 64.0 Å². The third kappa shape index (κ3) is 10.6. The summed E-state index contributed by atoms with van der Waals surface area (Å²) in [5, 5.41) is 13.9. The fraction of sp³-hybridized carbons (Fsp3) is 0.435. The molecule has 2 rings (SSSR count). The van der Waals surface area contributed by atoms with Gasteiger partial charge < -0.3 is 26.1 Å². The van der Waals surface area contributed by atoms with E-state index in [2.05, 4.69) is 25.8 Å². The number of hydrogen-bond donors (Lipinski definition) is 4. The van der Waals surface area contributed by atoms with Gasteiger partial charge in [0.1, 0.15) is 29.9 Å². The zero-order valence-electron chi connectivity index (χ0n) is 20.5. The van der Waals surface area contributed by atoms with E-state index < -0.39 is 17.7 Å². The van der Waals surface area contributed by atoms with Gasteiger partial charge in [-0.3, -0.25) is 14.6 Å². The Bertz CT molecular complexity index is 1040. The summed E-state index contributed by atoms with van der Waals surface area (Å²) in [6.07, 6.45) is 1.70. The number of pyridine rings is 1. The number of aromatic nitrogens is 3. The van der Waals surface area contributed by atoms with Crippen molar-refractivity contribution in [2.75, 3.05) is 25.5 Å². The number of nitrogens with two attached hydrogens (primary N) is 2. The molecule has 6 N–H and O–H groups in total. The molecule has 1 unspecified atom stereocenters. The van der Waals surface area contributed by atoms with E-state index in [1.165, 1.54) is 27.1 Å². The Morgan fingerprint density at radius 2 is 2.00 bits per heavy atom. The van der Waals surface area contributed by atoms with Gasteiger partial charge in [-0.25, -0.2) is 14.6 Å². The molecule has 2 aromatic heterocycles. The van der Waals surface area contributed by atoms with E-state index in [0.29, 0.717) is 17.1 Å². The SMILES string of the molecule is CNC(=O)/C(N)=C/N(N)CC(F)CCc1ccc(NC(=O)Cc2cc(OCC(C)(C)F)ccn2)nn1. The fourth-order valence-electron chi connectivity index (χ4n) is 2.87. The summed E-state index contributed by atoms with van der Waals surface area (Å²) in [5.41, 5.74) is 4.89. The number of anilines is 1. The Labute approximate surface area is 208 Å². The van der Waals surface area contributed by atoms with E-state index in [4.69, 9.17) is 16.3 Å². The maximum absolute atomic E-state index is 14.2. The van der Waals surface area contributed by atoms with E-state index in [0.717, 1.165) is 11.2 Å². The molecular weight excluding hydrogens is 474 g/mol. The highest BCUT2D eigenvalue weighted by Crippen LogP contribution is 2.16. The molecule has 0 aliphatic rings. The van der Waals surface area contributed by atoms with Crippen LogP contribution in [0.3, 0.4) is 0 Å². The molecule has 2 heterocycles. The van der Waals surface area contributed by atoms with E-state index in [-0.39, 0.29) is 49.8 Å². The maximum Gasteiger partial charge on any atom is 0.268 e. The average Bonchev–Trinajstić information content (AvgIpc) is 2.81. The highest BCUT2D eigenvalue weighted by atomic mass is 19.1.